The third-order valence-corrected chi connectivity index (χ3v) is 7.28. The van der Waals surface area contributed by atoms with Gasteiger partial charge in [0, 0.05) is 17.5 Å². The average molecular weight is 410 g/mol. The standard InChI is InChI=1S/C21H22N4O3S/c26-20(10-13-4-5-13)22-21-18-9-6-15(12-19(18)23-24-21)14-2-1-3-16(11-14)25-29(27,28)17-7-8-17/h1-3,6,9,11-13,17,25H,4-5,7-8,10H2,(H2,22,23,24,26). The number of hydrogen-bond donors (Lipinski definition) is 3. The van der Waals surface area contributed by atoms with Crippen molar-refractivity contribution < 1.29 is 13.2 Å². The highest BCUT2D eigenvalue weighted by molar-refractivity contribution is 7.93. The van der Waals surface area contributed by atoms with Gasteiger partial charge in [-0.2, -0.15) is 5.10 Å². The van der Waals surface area contributed by atoms with E-state index in [1.165, 1.54) is 0 Å². The van der Waals surface area contributed by atoms with E-state index < -0.39 is 10.0 Å². The molecule has 0 bridgehead atoms. The lowest BCUT2D eigenvalue weighted by atomic mass is 10.0. The summed E-state index contributed by atoms with van der Waals surface area (Å²) in [6.07, 6.45) is 4.27. The number of benzene rings is 2. The SMILES string of the molecule is O=C(CC1CC1)Nc1n[nH]c2cc(-c3cccc(NS(=O)(=O)C4CC4)c3)ccc12. The molecule has 0 atom stereocenters. The second-order valence-electron chi connectivity index (χ2n) is 7.96. The molecule has 2 aliphatic rings. The summed E-state index contributed by atoms with van der Waals surface area (Å²) in [6, 6.07) is 13.2. The fraction of sp³-hybridized carbons (Fsp3) is 0.333. The molecule has 0 radical (unpaired) electrons. The summed E-state index contributed by atoms with van der Waals surface area (Å²) in [5.41, 5.74) is 3.21. The van der Waals surface area contributed by atoms with Gasteiger partial charge in [0.2, 0.25) is 15.9 Å². The van der Waals surface area contributed by atoms with Crippen molar-refractivity contribution in [2.45, 2.75) is 37.4 Å². The number of nitrogens with zero attached hydrogens (tertiary/aromatic N) is 1. The van der Waals surface area contributed by atoms with Gasteiger partial charge in [-0.05, 0) is 67.0 Å². The van der Waals surface area contributed by atoms with Gasteiger partial charge in [-0.1, -0.05) is 18.2 Å². The maximum absolute atomic E-state index is 12.2. The van der Waals surface area contributed by atoms with E-state index >= 15 is 0 Å². The molecule has 1 aromatic heterocycles. The van der Waals surface area contributed by atoms with E-state index in [-0.39, 0.29) is 11.2 Å². The molecule has 0 aliphatic heterocycles. The molecule has 2 saturated carbocycles. The Morgan fingerprint density at radius 2 is 1.86 bits per heavy atom. The zero-order chi connectivity index (χ0) is 20.0. The van der Waals surface area contributed by atoms with Crippen LogP contribution in [0, 0.1) is 5.92 Å². The van der Waals surface area contributed by atoms with E-state index in [4.69, 9.17) is 0 Å². The highest BCUT2D eigenvalue weighted by Gasteiger charge is 2.35. The van der Waals surface area contributed by atoms with Crippen molar-refractivity contribution in [1.82, 2.24) is 10.2 Å². The Kier molecular flexibility index (Phi) is 4.31. The van der Waals surface area contributed by atoms with Crippen molar-refractivity contribution in [1.29, 1.82) is 0 Å². The van der Waals surface area contributed by atoms with Crippen LogP contribution in [0.1, 0.15) is 32.1 Å². The Bertz CT molecular complexity index is 1190. The van der Waals surface area contributed by atoms with Gasteiger partial charge in [0.15, 0.2) is 5.82 Å². The van der Waals surface area contributed by atoms with E-state index in [1.54, 1.807) is 6.07 Å². The third-order valence-electron chi connectivity index (χ3n) is 5.41. The number of rotatable bonds is 7. The molecule has 3 aromatic rings. The van der Waals surface area contributed by atoms with Crippen LogP contribution in [0.5, 0.6) is 0 Å². The van der Waals surface area contributed by atoms with Crippen LogP contribution in [0.15, 0.2) is 42.5 Å². The van der Waals surface area contributed by atoms with Gasteiger partial charge in [0.1, 0.15) is 0 Å². The smallest absolute Gasteiger partial charge is 0.235 e. The van der Waals surface area contributed by atoms with E-state index in [9.17, 15) is 13.2 Å². The number of carbonyl (C=O) groups is 1. The third kappa shape index (κ3) is 3.98. The Balaban J connectivity index is 1.37. The number of carbonyl (C=O) groups excluding carboxylic acids is 1. The van der Waals surface area contributed by atoms with Crippen LogP contribution in [0.2, 0.25) is 0 Å². The molecule has 5 rings (SSSR count). The molecule has 2 aromatic carbocycles. The van der Waals surface area contributed by atoms with Crippen molar-refractivity contribution in [2.75, 3.05) is 10.0 Å². The number of aromatic nitrogens is 2. The molecular formula is C21H22N4O3S. The van der Waals surface area contributed by atoms with Gasteiger partial charge in [-0.3, -0.25) is 14.6 Å². The monoisotopic (exact) mass is 410 g/mol. The molecule has 1 amide bonds. The van der Waals surface area contributed by atoms with Gasteiger partial charge < -0.3 is 5.32 Å². The first-order chi connectivity index (χ1) is 14.0. The number of aromatic amines is 1. The Hall–Kier alpha value is -2.87. The highest BCUT2D eigenvalue weighted by Crippen LogP contribution is 2.34. The number of H-pyrrole nitrogens is 1. The summed E-state index contributed by atoms with van der Waals surface area (Å²) in [7, 11) is -3.29. The van der Waals surface area contributed by atoms with Crippen LogP contribution in [0.25, 0.3) is 22.0 Å². The Labute approximate surface area is 168 Å². The van der Waals surface area contributed by atoms with Gasteiger partial charge in [0.05, 0.1) is 10.8 Å². The first-order valence-corrected chi connectivity index (χ1v) is 11.4. The summed E-state index contributed by atoms with van der Waals surface area (Å²) in [4.78, 5) is 12.1. The number of nitrogens with one attached hydrogen (secondary N) is 3. The van der Waals surface area contributed by atoms with Crippen LogP contribution < -0.4 is 10.0 Å². The van der Waals surface area contributed by atoms with Crippen LogP contribution in [-0.4, -0.2) is 29.8 Å². The van der Waals surface area contributed by atoms with Gasteiger partial charge >= 0.3 is 0 Å². The molecular weight excluding hydrogens is 388 g/mol. The zero-order valence-electron chi connectivity index (χ0n) is 15.8. The predicted octanol–water partition coefficient (Wildman–Crippen LogP) is 3.87. The van der Waals surface area contributed by atoms with E-state index in [0.29, 0.717) is 23.8 Å². The maximum atomic E-state index is 12.2. The topological polar surface area (TPSA) is 104 Å². The Morgan fingerprint density at radius 1 is 1.07 bits per heavy atom. The number of amides is 1. The maximum Gasteiger partial charge on any atom is 0.235 e. The summed E-state index contributed by atoms with van der Waals surface area (Å²) in [6.45, 7) is 0. The minimum atomic E-state index is -3.29. The van der Waals surface area contributed by atoms with Gasteiger partial charge in [-0.15, -0.1) is 0 Å². The lowest BCUT2D eigenvalue weighted by molar-refractivity contribution is -0.116. The fourth-order valence-electron chi connectivity index (χ4n) is 3.45. The van der Waals surface area contributed by atoms with E-state index in [0.717, 1.165) is 47.7 Å². The van der Waals surface area contributed by atoms with E-state index in [2.05, 4.69) is 20.2 Å². The van der Waals surface area contributed by atoms with Crippen molar-refractivity contribution in [3.05, 3.63) is 42.5 Å². The zero-order valence-corrected chi connectivity index (χ0v) is 16.6. The molecule has 3 N–H and O–H groups in total. The van der Waals surface area contributed by atoms with Crippen molar-refractivity contribution >= 4 is 38.3 Å². The van der Waals surface area contributed by atoms with Crippen LogP contribution >= 0.6 is 0 Å². The first-order valence-electron chi connectivity index (χ1n) is 9.88. The number of sulfonamides is 1. The molecule has 2 aliphatic carbocycles. The lowest BCUT2D eigenvalue weighted by Gasteiger charge is -2.09. The molecule has 0 spiro atoms. The molecule has 0 unspecified atom stereocenters. The van der Waals surface area contributed by atoms with Crippen LogP contribution in [-0.2, 0) is 14.8 Å². The predicted molar refractivity (Wildman–Crippen MR) is 113 cm³/mol. The second-order valence-corrected chi connectivity index (χ2v) is 9.92. The quantitative estimate of drug-likeness (QED) is 0.550. The van der Waals surface area contributed by atoms with Crippen molar-refractivity contribution in [3.63, 3.8) is 0 Å². The van der Waals surface area contributed by atoms with Crippen LogP contribution in [0.3, 0.4) is 0 Å². The number of fused-ring (bicyclic) bond motifs is 1. The molecule has 150 valence electrons. The molecule has 0 saturated heterocycles. The first kappa shape index (κ1) is 18.2. The Morgan fingerprint density at radius 3 is 2.62 bits per heavy atom. The molecule has 8 heteroatoms. The summed E-state index contributed by atoms with van der Waals surface area (Å²) in [5.74, 6) is 1.07. The fourth-order valence-corrected chi connectivity index (χ4v) is 4.83. The van der Waals surface area contributed by atoms with Crippen LogP contribution in [0.4, 0.5) is 11.5 Å². The summed E-state index contributed by atoms with van der Waals surface area (Å²) >= 11 is 0. The van der Waals surface area contributed by atoms with E-state index in [1.807, 2.05) is 36.4 Å². The highest BCUT2D eigenvalue weighted by atomic mass is 32.2. The van der Waals surface area contributed by atoms with Gasteiger partial charge in [-0.25, -0.2) is 8.42 Å². The number of anilines is 2. The minimum absolute atomic E-state index is 0.000578. The lowest BCUT2D eigenvalue weighted by Crippen LogP contribution is -2.17. The van der Waals surface area contributed by atoms with Crippen molar-refractivity contribution in [3.8, 4) is 11.1 Å². The van der Waals surface area contributed by atoms with Crippen molar-refractivity contribution in [2.24, 2.45) is 5.92 Å². The number of hydrogen-bond acceptors (Lipinski definition) is 4. The largest absolute Gasteiger partial charge is 0.309 e. The van der Waals surface area contributed by atoms with Gasteiger partial charge in [0.25, 0.3) is 0 Å². The summed E-state index contributed by atoms with van der Waals surface area (Å²) in [5, 5.41) is 10.7. The molecule has 1 heterocycles. The molecule has 2 fully saturated rings. The normalized spacial score (nSPS) is 16.7. The second kappa shape index (κ2) is 6.88. The summed E-state index contributed by atoms with van der Waals surface area (Å²) < 4.78 is 27.1. The molecule has 29 heavy (non-hydrogen) atoms. The average Bonchev–Trinajstić information content (AvgIpc) is 3.60. The minimum Gasteiger partial charge on any atom is -0.309 e. The molecule has 7 nitrogen and oxygen atoms in total.